The highest BCUT2D eigenvalue weighted by Crippen LogP contribution is 2.10. The van der Waals surface area contributed by atoms with Crippen LogP contribution in [0.4, 0.5) is 5.69 Å². The Kier molecular flexibility index (Phi) is 4.42. The summed E-state index contributed by atoms with van der Waals surface area (Å²) in [5.74, 6) is 0.218. The van der Waals surface area contributed by atoms with Crippen LogP contribution >= 0.6 is 0 Å². The van der Waals surface area contributed by atoms with Gasteiger partial charge in [0, 0.05) is 18.8 Å². The molecule has 0 unspecified atom stereocenters. The van der Waals surface area contributed by atoms with Crippen molar-refractivity contribution in [2.24, 2.45) is 0 Å². The Morgan fingerprint density at radius 2 is 1.71 bits per heavy atom. The first-order chi connectivity index (χ1) is 8.36. The third-order valence-corrected chi connectivity index (χ3v) is 3.18. The first-order valence-electron chi connectivity index (χ1n) is 6.43. The van der Waals surface area contributed by atoms with E-state index in [0.717, 1.165) is 31.6 Å². The van der Waals surface area contributed by atoms with Crippen LogP contribution in [0.3, 0.4) is 0 Å². The minimum Gasteiger partial charge on any atom is -0.376 e. The van der Waals surface area contributed by atoms with Crippen molar-refractivity contribution >= 4 is 11.6 Å². The van der Waals surface area contributed by atoms with Gasteiger partial charge >= 0.3 is 0 Å². The molecule has 3 heteroatoms. The Bertz CT molecular complexity index is 342. The fourth-order valence-corrected chi connectivity index (χ4v) is 2.17. The second kappa shape index (κ2) is 6.28. The van der Waals surface area contributed by atoms with Crippen LogP contribution in [0.1, 0.15) is 25.7 Å². The summed E-state index contributed by atoms with van der Waals surface area (Å²) >= 11 is 0. The number of anilines is 1. The van der Waals surface area contributed by atoms with Crippen molar-refractivity contribution in [3.05, 3.63) is 30.3 Å². The van der Waals surface area contributed by atoms with E-state index in [1.165, 1.54) is 12.8 Å². The molecule has 92 valence electrons. The summed E-state index contributed by atoms with van der Waals surface area (Å²) < 4.78 is 0. The smallest absolute Gasteiger partial charge is 0.241 e. The number of hydrogen-bond donors (Lipinski definition) is 1. The van der Waals surface area contributed by atoms with E-state index in [1.807, 2.05) is 35.2 Å². The Morgan fingerprint density at radius 1 is 1.06 bits per heavy atom. The van der Waals surface area contributed by atoms with Gasteiger partial charge in [-0.2, -0.15) is 0 Å². The number of nitrogens with zero attached hydrogens (tertiary/aromatic N) is 1. The highest BCUT2D eigenvalue weighted by atomic mass is 16.2. The van der Waals surface area contributed by atoms with Crippen LogP contribution in [0, 0.1) is 0 Å². The molecule has 0 aromatic heterocycles. The molecule has 1 heterocycles. The van der Waals surface area contributed by atoms with Crippen molar-refractivity contribution < 1.29 is 4.79 Å². The van der Waals surface area contributed by atoms with E-state index in [4.69, 9.17) is 0 Å². The lowest BCUT2D eigenvalue weighted by molar-refractivity contribution is -0.129. The van der Waals surface area contributed by atoms with E-state index in [9.17, 15) is 4.79 Å². The Morgan fingerprint density at radius 3 is 2.35 bits per heavy atom. The molecule has 3 nitrogen and oxygen atoms in total. The third kappa shape index (κ3) is 3.77. The predicted octanol–water partition coefficient (Wildman–Crippen LogP) is 2.50. The van der Waals surface area contributed by atoms with Crippen molar-refractivity contribution in [3.8, 4) is 0 Å². The summed E-state index contributed by atoms with van der Waals surface area (Å²) in [6, 6.07) is 9.88. The molecule has 1 fully saturated rings. The summed E-state index contributed by atoms with van der Waals surface area (Å²) in [6.45, 7) is 2.26. The van der Waals surface area contributed by atoms with E-state index in [0.29, 0.717) is 6.54 Å². The maximum absolute atomic E-state index is 12.0. The number of carbonyl (C=O) groups is 1. The molecule has 0 bridgehead atoms. The van der Waals surface area contributed by atoms with Crippen molar-refractivity contribution in [3.63, 3.8) is 0 Å². The highest BCUT2D eigenvalue weighted by Gasteiger charge is 2.14. The average molecular weight is 232 g/mol. The Hall–Kier alpha value is -1.51. The molecule has 1 aliphatic heterocycles. The van der Waals surface area contributed by atoms with Gasteiger partial charge in [-0.3, -0.25) is 4.79 Å². The van der Waals surface area contributed by atoms with Crippen molar-refractivity contribution in [1.29, 1.82) is 0 Å². The summed E-state index contributed by atoms with van der Waals surface area (Å²) in [5, 5.41) is 3.17. The lowest BCUT2D eigenvalue weighted by atomic mass is 10.2. The van der Waals surface area contributed by atoms with Gasteiger partial charge in [0.2, 0.25) is 5.91 Å². The lowest BCUT2D eigenvalue weighted by Gasteiger charge is -2.20. The largest absolute Gasteiger partial charge is 0.376 e. The minimum atomic E-state index is 0.218. The van der Waals surface area contributed by atoms with Gasteiger partial charge in [-0.1, -0.05) is 31.0 Å². The molecule has 2 rings (SSSR count). The first-order valence-corrected chi connectivity index (χ1v) is 6.43. The van der Waals surface area contributed by atoms with Gasteiger partial charge in [0.25, 0.3) is 0 Å². The number of amides is 1. The monoisotopic (exact) mass is 232 g/mol. The molecule has 0 aliphatic carbocycles. The zero-order valence-corrected chi connectivity index (χ0v) is 10.2. The zero-order valence-electron chi connectivity index (χ0n) is 10.2. The predicted molar refractivity (Wildman–Crippen MR) is 70.0 cm³/mol. The number of para-hydroxylation sites is 1. The molecule has 1 amide bonds. The molecular formula is C14H20N2O. The maximum Gasteiger partial charge on any atom is 0.241 e. The first kappa shape index (κ1) is 12.0. The van der Waals surface area contributed by atoms with Crippen molar-refractivity contribution in [1.82, 2.24) is 4.90 Å². The second-order valence-corrected chi connectivity index (χ2v) is 4.51. The number of carbonyl (C=O) groups excluding carboxylic acids is 1. The summed E-state index contributed by atoms with van der Waals surface area (Å²) in [7, 11) is 0. The minimum absolute atomic E-state index is 0.218. The van der Waals surface area contributed by atoms with E-state index in [-0.39, 0.29) is 5.91 Å². The van der Waals surface area contributed by atoms with Gasteiger partial charge in [0.1, 0.15) is 0 Å². The third-order valence-electron chi connectivity index (χ3n) is 3.18. The van der Waals surface area contributed by atoms with Crippen LogP contribution in [-0.2, 0) is 4.79 Å². The molecule has 0 radical (unpaired) electrons. The Balaban J connectivity index is 1.80. The van der Waals surface area contributed by atoms with Crippen LogP contribution < -0.4 is 5.32 Å². The van der Waals surface area contributed by atoms with Gasteiger partial charge in [-0.05, 0) is 25.0 Å². The molecule has 1 aromatic carbocycles. The topological polar surface area (TPSA) is 32.3 Å². The van der Waals surface area contributed by atoms with Crippen LogP contribution in [0.15, 0.2) is 30.3 Å². The molecule has 0 saturated carbocycles. The quantitative estimate of drug-likeness (QED) is 0.868. The number of benzene rings is 1. The molecule has 17 heavy (non-hydrogen) atoms. The van der Waals surface area contributed by atoms with E-state index in [1.54, 1.807) is 0 Å². The molecule has 1 saturated heterocycles. The number of rotatable bonds is 3. The van der Waals surface area contributed by atoms with Crippen molar-refractivity contribution in [2.45, 2.75) is 25.7 Å². The van der Waals surface area contributed by atoms with Gasteiger partial charge in [-0.25, -0.2) is 0 Å². The van der Waals surface area contributed by atoms with Crippen molar-refractivity contribution in [2.75, 3.05) is 25.0 Å². The van der Waals surface area contributed by atoms with Crippen LogP contribution in [0.25, 0.3) is 0 Å². The molecule has 0 spiro atoms. The van der Waals surface area contributed by atoms with Gasteiger partial charge in [-0.15, -0.1) is 0 Å². The van der Waals surface area contributed by atoms with E-state index < -0.39 is 0 Å². The van der Waals surface area contributed by atoms with Gasteiger partial charge in [0.05, 0.1) is 6.54 Å². The SMILES string of the molecule is O=C(CNc1ccccc1)N1CCCCCC1. The standard InChI is InChI=1S/C14H20N2O/c17-14(16-10-6-1-2-7-11-16)12-15-13-8-4-3-5-9-13/h3-5,8-9,15H,1-2,6-7,10-12H2. The lowest BCUT2D eigenvalue weighted by Crippen LogP contribution is -2.36. The number of likely N-dealkylation sites (tertiary alicyclic amines) is 1. The number of nitrogens with one attached hydrogen (secondary N) is 1. The fraction of sp³-hybridized carbons (Fsp3) is 0.500. The molecule has 1 N–H and O–H groups in total. The highest BCUT2D eigenvalue weighted by molar-refractivity contribution is 5.80. The zero-order chi connectivity index (χ0) is 11.9. The molecule has 0 atom stereocenters. The van der Waals surface area contributed by atoms with Crippen LogP contribution in [-0.4, -0.2) is 30.4 Å². The molecule has 1 aromatic rings. The number of hydrogen-bond acceptors (Lipinski definition) is 2. The second-order valence-electron chi connectivity index (χ2n) is 4.51. The van der Waals surface area contributed by atoms with Crippen LogP contribution in [0.5, 0.6) is 0 Å². The van der Waals surface area contributed by atoms with Crippen LogP contribution in [0.2, 0.25) is 0 Å². The molecule has 1 aliphatic rings. The Labute approximate surface area is 103 Å². The summed E-state index contributed by atoms with van der Waals surface area (Å²) in [6.07, 6.45) is 4.82. The summed E-state index contributed by atoms with van der Waals surface area (Å²) in [4.78, 5) is 14.0. The van der Waals surface area contributed by atoms with Gasteiger partial charge in [0.15, 0.2) is 0 Å². The van der Waals surface area contributed by atoms with E-state index in [2.05, 4.69) is 5.32 Å². The van der Waals surface area contributed by atoms with E-state index >= 15 is 0 Å². The summed E-state index contributed by atoms with van der Waals surface area (Å²) in [5.41, 5.74) is 1.01. The normalized spacial score (nSPS) is 16.4. The average Bonchev–Trinajstić information content (AvgIpc) is 2.66. The fourth-order valence-electron chi connectivity index (χ4n) is 2.17. The molecular weight excluding hydrogens is 212 g/mol. The van der Waals surface area contributed by atoms with Gasteiger partial charge < -0.3 is 10.2 Å². The maximum atomic E-state index is 12.0.